The van der Waals surface area contributed by atoms with Gasteiger partial charge >= 0.3 is 0 Å². The van der Waals surface area contributed by atoms with E-state index in [0.29, 0.717) is 0 Å². The molecule has 1 N–H and O–H groups in total. The van der Waals surface area contributed by atoms with Crippen LogP contribution in [0.15, 0.2) is 24.3 Å². The van der Waals surface area contributed by atoms with Gasteiger partial charge in [-0.05, 0) is 11.9 Å². The SMILES string of the molecule is C=S(C)(=O)NC(=O)c1cccc([N+](=O)[O-])c1. The van der Waals surface area contributed by atoms with Gasteiger partial charge in [0.15, 0.2) is 0 Å². The van der Waals surface area contributed by atoms with Crippen molar-refractivity contribution in [1.29, 1.82) is 0 Å². The Morgan fingerprint density at radius 2 is 2.19 bits per heavy atom. The molecule has 16 heavy (non-hydrogen) atoms. The number of nitrogens with zero attached hydrogens (tertiary/aromatic N) is 1. The van der Waals surface area contributed by atoms with Gasteiger partial charge in [0.2, 0.25) is 0 Å². The van der Waals surface area contributed by atoms with Crippen molar-refractivity contribution in [2.24, 2.45) is 0 Å². The number of non-ortho nitro benzene ring substituents is 1. The van der Waals surface area contributed by atoms with Gasteiger partial charge in [-0.1, -0.05) is 6.07 Å². The molecular formula is C9H10N2O4S. The van der Waals surface area contributed by atoms with Crippen LogP contribution >= 0.6 is 0 Å². The molecule has 0 aromatic heterocycles. The molecule has 0 fully saturated rings. The number of amides is 1. The Balaban J connectivity index is 3.01. The zero-order valence-corrected chi connectivity index (χ0v) is 9.32. The maximum Gasteiger partial charge on any atom is 0.270 e. The van der Waals surface area contributed by atoms with Crippen LogP contribution in [-0.2, 0) is 9.71 Å². The van der Waals surface area contributed by atoms with Gasteiger partial charge in [0.05, 0.1) is 4.92 Å². The van der Waals surface area contributed by atoms with Crippen LogP contribution < -0.4 is 4.72 Å². The summed E-state index contributed by atoms with van der Waals surface area (Å²) in [6, 6.07) is 5.16. The number of carbonyl (C=O) groups excluding carboxylic acids is 1. The standard InChI is InChI=1S/C9H10N2O4S/c1-16(2,15)10-9(12)7-4-3-5-8(6-7)11(13)14/h3-6H,1H2,2H3,(H,10,12,15). The largest absolute Gasteiger partial charge is 0.279 e. The summed E-state index contributed by atoms with van der Waals surface area (Å²) in [7, 11) is -2.67. The number of carbonyl (C=O) groups is 1. The molecule has 0 radical (unpaired) electrons. The molecule has 1 rings (SSSR count). The monoisotopic (exact) mass is 242 g/mol. The summed E-state index contributed by atoms with van der Waals surface area (Å²) in [6.45, 7) is 0. The lowest BCUT2D eigenvalue weighted by Crippen LogP contribution is -2.29. The highest BCUT2D eigenvalue weighted by Gasteiger charge is 2.12. The molecule has 0 saturated heterocycles. The molecule has 0 saturated carbocycles. The van der Waals surface area contributed by atoms with E-state index < -0.39 is 20.5 Å². The minimum absolute atomic E-state index is 0.0763. The Bertz CT molecular complexity index is 536. The first-order chi connectivity index (χ1) is 7.29. The predicted molar refractivity (Wildman–Crippen MR) is 61.8 cm³/mol. The van der Waals surface area contributed by atoms with Crippen molar-refractivity contribution in [3.8, 4) is 0 Å². The predicted octanol–water partition coefficient (Wildman–Crippen LogP) is 0.586. The molecule has 7 heteroatoms. The fourth-order valence-electron chi connectivity index (χ4n) is 1.02. The highest BCUT2D eigenvalue weighted by atomic mass is 32.2. The van der Waals surface area contributed by atoms with Crippen molar-refractivity contribution in [2.45, 2.75) is 0 Å². The van der Waals surface area contributed by atoms with Gasteiger partial charge in [0.1, 0.15) is 0 Å². The summed E-state index contributed by atoms with van der Waals surface area (Å²) in [5, 5.41) is 10.5. The van der Waals surface area contributed by atoms with E-state index in [1.54, 1.807) is 0 Å². The molecule has 1 unspecified atom stereocenters. The smallest absolute Gasteiger partial charge is 0.270 e. The van der Waals surface area contributed by atoms with Crippen molar-refractivity contribution in [1.82, 2.24) is 4.72 Å². The minimum atomic E-state index is -2.67. The molecule has 0 bridgehead atoms. The van der Waals surface area contributed by atoms with Crippen molar-refractivity contribution < 1.29 is 13.9 Å². The van der Waals surface area contributed by atoms with E-state index in [4.69, 9.17) is 0 Å². The second-order valence-corrected chi connectivity index (χ2v) is 5.46. The number of rotatable bonds is 3. The Kier molecular flexibility index (Phi) is 3.28. The number of benzene rings is 1. The van der Waals surface area contributed by atoms with Gasteiger partial charge in [-0.3, -0.25) is 19.6 Å². The molecule has 0 aliphatic carbocycles. The third-order valence-corrected chi connectivity index (χ3v) is 2.24. The van der Waals surface area contributed by atoms with Crippen LogP contribution in [-0.4, -0.2) is 27.2 Å². The van der Waals surface area contributed by atoms with Crippen LogP contribution in [0, 0.1) is 10.1 Å². The number of nitro groups is 1. The molecular weight excluding hydrogens is 232 g/mol. The third kappa shape index (κ3) is 3.35. The Labute approximate surface area is 92.6 Å². The Hall–Kier alpha value is -1.89. The molecule has 1 aromatic carbocycles. The van der Waals surface area contributed by atoms with Crippen LogP contribution in [0.2, 0.25) is 0 Å². The summed E-state index contributed by atoms with van der Waals surface area (Å²) in [5.74, 6) is 2.61. The van der Waals surface area contributed by atoms with Crippen LogP contribution in [0.1, 0.15) is 10.4 Å². The van der Waals surface area contributed by atoms with Crippen molar-refractivity contribution in [2.75, 3.05) is 6.26 Å². The Morgan fingerprint density at radius 1 is 1.56 bits per heavy atom. The van der Waals surface area contributed by atoms with E-state index in [1.165, 1.54) is 24.5 Å². The fraction of sp³-hybridized carbons (Fsp3) is 0.111. The first-order valence-electron chi connectivity index (χ1n) is 4.18. The van der Waals surface area contributed by atoms with Crippen LogP contribution in [0.25, 0.3) is 0 Å². The van der Waals surface area contributed by atoms with E-state index in [1.807, 2.05) is 0 Å². The second-order valence-electron chi connectivity index (χ2n) is 3.24. The highest BCUT2D eigenvalue weighted by Crippen LogP contribution is 2.12. The minimum Gasteiger partial charge on any atom is -0.279 e. The summed E-state index contributed by atoms with van der Waals surface area (Å²) >= 11 is 0. The lowest BCUT2D eigenvalue weighted by Gasteiger charge is -2.05. The van der Waals surface area contributed by atoms with Crippen LogP contribution in [0.5, 0.6) is 0 Å². The Morgan fingerprint density at radius 3 is 2.69 bits per heavy atom. The second kappa shape index (κ2) is 4.31. The maximum absolute atomic E-state index is 11.5. The van der Waals surface area contributed by atoms with Gasteiger partial charge < -0.3 is 0 Å². The van der Waals surface area contributed by atoms with Gasteiger partial charge in [0, 0.05) is 33.7 Å². The van der Waals surface area contributed by atoms with Crippen molar-refractivity contribution >= 4 is 27.2 Å². The average Bonchev–Trinajstić information content (AvgIpc) is 2.15. The molecule has 1 amide bonds. The van der Waals surface area contributed by atoms with E-state index >= 15 is 0 Å². The first-order valence-corrected chi connectivity index (χ1v) is 6.32. The van der Waals surface area contributed by atoms with Gasteiger partial charge in [0.25, 0.3) is 11.6 Å². The van der Waals surface area contributed by atoms with E-state index in [2.05, 4.69) is 10.6 Å². The number of hydrogen-bond acceptors (Lipinski definition) is 4. The van der Waals surface area contributed by atoms with Gasteiger partial charge in [-0.2, -0.15) is 0 Å². The first kappa shape index (κ1) is 12.2. The maximum atomic E-state index is 11.5. The van der Waals surface area contributed by atoms with E-state index in [-0.39, 0.29) is 11.3 Å². The zero-order chi connectivity index (χ0) is 12.3. The lowest BCUT2D eigenvalue weighted by molar-refractivity contribution is -0.384. The topological polar surface area (TPSA) is 89.3 Å². The normalized spacial score (nSPS) is 13.8. The average molecular weight is 242 g/mol. The lowest BCUT2D eigenvalue weighted by atomic mass is 10.2. The molecule has 0 aliphatic heterocycles. The molecule has 6 nitrogen and oxygen atoms in total. The van der Waals surface area contributed by atoms with Crippen LogP contribution in [0.4, 0.5) is 5.69 Å². The van der Waals surface area contributed by atoms with E-state index in [0.717, 1.165) is 6.07 Å². The highest BCUT2D eigenvalue weighted by molar-refractivity contribution is 7.98. The van der Waals surface area contributed by atoms with Crippen LogP contribution in [0.3, 0.4) is 0 Å². The van der Waals surface area contributed by atoms with Crippen molar-refractivity contribution in [3.63, 3.8) is 0 Å². The molecule has 1 aromatic rings. The molecule has 0 heterocycles. The number of nitrogens with one attached hydrogen (secondary N) is 1. The van der Waals surface area contributed by atoms with Gasteiger partial charge in [-0.15, -0.1) is 0 Å². The van der Waals surface area contributed by atoms with E-state index in [9.17, 15) is 19.1 Å². The molecule has 86 valence electrons. The molecule has 1 atom stereocenters. The summed E-state index contributed by atoms with van der Waals surface area (Å²) in [4.78, 5) is 21.3. The fourth-order valence-corrected chi connectivity index (χ4v) is 1.53. The molecule has 0 spiro atoms. The van der Waals surface area contributed by atoms with Crippen molar-refractivity contribution in [3.05, 3.63) is 39.9 Å². The van der Waals surface area contributed by atoms with Gasteiger partial charge in [-0.25, -0.2) is 4.21 Å². The third-order valence-electron chi connectivity index (χ3n) is 1.63. The summed E-state index contributed by atoms with van der Waals surface area (Å²) < 4.78 is 13.4. The zero-order valence-electron chi connectivity index (χ0n) is 8.50. The molecule has 0 aliphatic rings. The number of hydrogen-bond donors (Lipinski definition) is 1. The summed E-state index contributed by atoms with van der Waals surface area (Å²) in [6.07, 6.45) is 1.27. The quantitative estimate of drug-likeness (QED) is 0.477. The summed E-state index contributed by atoms with van der Waals surface area (Å²) in [5.41, 5.74) is -0.119. The number of nitro benzene ring substituents is 1.